The van der Waals surface area contributed by atoms with E-state index in [4.69, 9.17) is 9.47 Å². The van der Waals surface area contributed by atoms with E-state index in [2.05, 4.69) is 17.6 Å². The van der Waals surface area contributed by atoms with Crippen LogP contribution in [0.5, 0.6) is 0 Å². The Hall–Kier alpha value is -2.08. The summed E-state index contributed by atoms with van der Waals surface area (Å²) in [4.78, 5) is 23.7. The average molecular weight is 348 g/mol. The first-order valence-corrected chi connectivity index (χ1v) is 8.84. The predicted molar refractivity (Wildman–Crippen MR) is 95.0 cm³/mol. The van der Waals surface area contributed by atoms with Gasteiger partial charge in [0, 0.05) is 12.1 Å². The Kier molecular flexibility index (Phi) is 7.25. The molecule has 1 aromatic carbocycles. The first-order chi connectivity index (χ1) is 12.0. The molecule has 1 aliphatic rings. The molecule has 2 N–H and O–H groups in total. The number of benzene rings is 1. The lowest BCUT2D eigenvalue weighted by Gasteiger charge is -2.39. The van der Waals surface area contributed by atoms with Crippen LogP contribution in [-0.4, -0.2) is 37.3 Å². The van der Waals surface area contributed by atoms with Gasteiger partial charge in [0.1, 0.15) is 12.6 Å². The van der Waals surface area contributed by atoms with Crippen molar-refractivity contribution in [2.24, 2.45) is 5.92 Å². The van der Waals surface area contributed by atoms with Crippen LogP contribution in [-0.2, 0) is 20.9 Å². The van der Waals surface area contributed by atoms with Crippen molar-refractivity contribution < 1.29 is 19.1 Å². The zero-order valence-corrected chi connectivity index (χ0v) is 15.2. The van der Waals surface area contributed by atoms with E-state index in [-0.39, 0.29) is 36.6 Å². The number of esters is 1. The molecule has 0 bridgehead atoms. The van der Waals surface area contributed by atoms with Gasteiger partial charge in [-0.05, 0) is 24.3 Å². The smallest absolute Gasteiger partial charge is 0.407 e. The second-order valence-electron chi connectivity index (χ2n) is 6.62. The van der Waals surface area contributed by atoms with Crippen molar-refractivity contribution in [1.29, 1.82) is 0 Å². The summed E-state index contributed by atoms with van der Waals surface area (Å²) in [5.74, 6) is -0.0247. The summed E-state index contributed by atoms with van der Waals surface area (Å²) >= 11 is 0. The van der Waals surface area contributed by atoms with Gasteiger partial charge >= 0.3 is 12.1 Å². The van der Waals surface area contributed by atoms with Crippen molar-refractivity contribution in [1.82, 2.24) is 10.6 Å². The normalized spacial score (nSPS) is 21.6. The highest BCUT2D eigenvalue weighted by atomic mass is 16.5. The minimum absolute atomic E-state index is 0.0796. The number of hydrogen-bond donors (Lipinski definition) is 2. The quantitative estimate of drug-likeness (QED) is 0.706. The maximum Gasteiger partial charge on any atom is 0.407 e. The molecule has 2 atom stereocenters. The molecule has 2 rings (SSSR count). The number of carbonyl (C=O) groups excluding carboxylic acids is 2. The molecular formula is C19H28N2O4. The summed E-state index contributed by atoms with van der Waals surface area (Å²) < 4.78 is 10.1. The molecule has 1 aliphatic carbocycles. The van der Waals surface area contributed by atoms with Gasteiger partial charge < -0.3 is 20.1 Å². The number of hydrogen-bond acceptors (Lipinski definition) is 5. The Labute approximate surface area is 149 Å². The van der Waals surface area contributed by atoms with Gasteiger partial charge in [-0.2, -0.15) is 0 Å². The summed E-state index contributed by atoms with van der Waals surface area (Å²) in [5, 5.41) is 6.21. The number of carbonyl (C=O) groups is 2. The second kappa shape index (κ2) is 9.42. The van der Waals surface area contributed by atoms with Gasteiger partial charge in [0.05, 0.1) is 7.11 Å². The Morgan fingerprint density at radius 1 is 1.20 bits per heavy atom. The number of methoxy groups -OCH3 is 1. The van der Waals surface area contributed by atoms with Gasteiger partial charge in [-0.25, -0.2) is 4.79 Å². The third kappa shape index (κ3) is 5.74. The summed E-state index contributed by atoms with van der Waals surface area (Å²) in [6, 6.07) is 9.56. The largest absolute Gasteiger partial charge is 0.468 e. The Morgan fingerprint density at radius 3 is 2.48 bits per heavy atom. The molecule has 1 amide bonds. The second-order valence-corrected chi connectivity index (χ2v) is 6.62. The Morgan fingerprint density at radius 2 is 1.88 bits per heavy atom. The van der Waals surface area contributed by atoms with Crippen molar-refractivity contribution in [3.63, 3.8) is 0 Å². The number of ether oxygens (including phenoxy) is 2. The van der Waals surface area contributed by atoms with Gasteiger partial charge in [0.25, 0.3) is 0 Å². The zero-order chi connectivity index (χ0) is 18.2. The fourth-order valence-electron chi connectivity index (χ4n) is 2.88. The van der Waals surface area contributed by atoms with E-state index in [9.17, 15) is 9.59 Å². The van der Waals surface area contributed by atoms with Gasteiger partial charge in [-0.15, -0.1) is 0 Å². The fraction of sp³-hybridized carbons (Fsp3) is 0.579. The van der Waals surface area contributed by atoms with Gasteiger partial charge in [-0.1, -0.05) is 50.6 Å². The molecular weight excluding hydrogens is 320 g/mol. The van der Waals surface area contributed by atoms with Crippen molar-refractivity contribution >= 4 is 12.1 Å². The Balaban J connectivity index is 1.69. The standard InChI is InChI=1S/C19H28N2O4/c1-4-13(2)17(18(22)24-3)20-15-10-16(11-15)21-19(23)25-12-14-8-6-5-7-9-14/h5-9,13,15-17,20H,4,10-12H2,1-3H3,(H,21,23). The van der Waals surface area contributed by atoms with E-state index >= 15 is 0 Å². The van der Waals surface area contributed by atoms with Gasteiger partial charge in [-0.3, -0.25) is 4.79 Å². The highest BCUT2D eigenvalue weighted by Gasteiger charge is 2.35. The van der Waals surface area contributed by atoms with Crippen LogP contribution in [0.1, 0.15) is 38.7 Å². The SMILES string of the molecule is CCC(C)C(NC1CC(NC(=O)OCc2ccccc2)C1)C(=O)OC. The molecule has 1 aromatic rings. The fourth-order valence-corrected chi connectivity index (χ4v) is 2.88. The van der Waals surface area contributed by atoms with Crippen LogP contribution in [0.25, 0.3) is 0 Å². The van der Waals surface area contributed by atoms with E-state index in [1.165, 1.54) is 7.11 Å². The monoisotopic (exact) mass is 348 g/mol. The van der Waals surface area contributed by atoms with Crippen LogP contribution < -0.4 is 10.6 Å². The summed E-state index contributed by atoms with van der Waals surface area (Å²) in [6.07, 6.45) is 2.06. The molecule has 6 heteroatoms. The average Bonchev–Trinajstić information content (AvgIpc) is 2.61. The van der Waals surface area contributed by atoms with Crippen LogP contribution in [0.2, 0.25) is 0 Å². The topological polar surface area (TPSA) is 76.7 Å². The van der Waals surface area contributed by atoms with Crippen molar-refractivity contribution in [2.45, 2.75) is 57.8 Å². The lowest BCUT2D eigenvalue weighted by Crippen LogP contribution is -2.57. The van der Waals surface area contributed by atoms with Crippen LogP contribution in [0, 0.1) is 5.92 Å². The molecule has 0 aliphatic heterocycles. The molecule has 0 saturated heterocycles. The molecule has 0 aromatic heterocycles. The first-order valence-electron chi connectivity index (χ1n) is 8.84. The zero-order valence-electron chi connectivity index (χ0n) is 15.2. The lowest BCUT2D eigenvalue weighted by molar-refractivity contribution is -0.145. The lowest BCUT2D eigenvalue weighted by atomic mass is 9.85. The summed E-state index contributed by atoms with van der Waals surface area (Å²) in [6.45, 7) is 4.35. The molecule has 25 heavy (non-hydrogen) atoms. The molecule has 0 spiro atoms. The highest BCUT2D eigenvalue weighted by Crippen LogP contribution is 2.22. The van der Waals surface area contributed by atoms with Gasteiger partial charge in [0.15, 0.2) is 0 Å². The van der Waals surface area contributed by atoms with Gasteiger partial charge in [0.2, 0.25) is 0 Å². The number of nitrogens with one attached hydrogen (secondary N) is 2. The van der Waals surface area contributed by atoms with Crippen molar-refractivity contribution in [3.8, 4) is 0 Å². The van der Waals surface area contributed by atoms with Crippen molar-refractivity contribution in [2.75, 3.05) is 7.11 Å². The van der Waals surface area contributed by atoms with Crippen LogP contribution >= 0.6 is 0 Å². The van der Waals surface area contributed by atoms with E-state index in [0.717, 1.165) is 24.8 Å². The van der Waals surface area contributed by atoms with E-state index in [1.54, 1.807) is 0 Å². The number of amides is 1. The molecule has 0 heterocycles. The van der Waals surface area contributed by atoms with E-state index in [1.807, 2.05) is 37.3 Å². The number of rotatable bonds is 8. The third-order valence-electron chi connectivity index (χ3n) is 4.76. The van der Waals surface area contributed by atoms with Crippen LogP contribution in [0.3, 0.4) is 0 Å². The molecule has 0 radical (unpaired) electrons. The molecule has 1 saturated carbocycles. The molecule has 2 unspecified atom stereocenters. The van der Waals surface area contributed by atoms with E-state index < -0.39 is 6.09 Å². The minimum Gasteiger partial charge on any atom is -0.468 e. The maximum absolute atomic E-state index is 11.9. The minimum atomic E-state index is -0.404. The molecule has 138 valence electrons. The van der Waals surface area contributed by atoms with Crippen molar-refractivity contribution in [3.05, 3.63) is 35.9 Å². The highest BCUT2D eigenvalue weighted by molar-refractivity contribution is 5.76. The van der Waals surface area contributed by atoms with Crippen LogP contribution in [0.15, 0.2) is 30.3 Å². The van der Waals surface area contributed by atoms with Crippen LogP contribution in [0.4, 0.5) is 4.79 Å². The predicted octanol–water partition coefficient (Wildman–Crippen LogP) is 2.62. The summed E-state index contributed by atoms with van der Waals surface area (Å²) in [5.41, 5.74) is 0.959. The molecule has 1 fully saturated rings. The number of alkyl carbamates (subject to hydrolysis) is 1. The first kappa shape index (κ1) is 19.2. The maximum atomic E-state index is 11.9. The van der Waals surface area contributed by atoms with E-state index in [0.29, 0.717) is 0 Å². The molecule has 6 nitrogen and oxygen atoms in total. The Bertz CT molecular complexity index is 558. The summed E-state index contributed by atoms with van der Waals surface area (Å²) in [7, 11) is 1.41. The third-order valence-corrected chi connectivity index (χ3v) is 4.76.